The fourth-order valence-electron chi connectivity index (χ4n) is 2.86. The second-order valence-corrected chi connectivity index (χ2v) is 4.04. The molecule has 0 aromatic heterocycles. The Morgan fingerprint density at radius 1 is 1.20 bits per heavy atom. The molecule has 1 spiro atoms. The van der Waals surface area contributed by atoms with Crippen LogP contribution in [-0.2, 0) is 0 Å². The quantitative estimate of drug-likeness (QED) is 0.590. The minimum absolute atomic E-state index is 0.759. The number of nitrogens with two attached hydrogens (primary N) is 1. The van der Waals surface area contributed by atoms with E-state index in [-0.39, 0.29) is 0 Å². The van der Waals surface area contributed by atoms with Gasteiger partial charge in [-0.05, 0) is 43.6 Å². The van der Waals surface area contributed by atoms with Gasteiger partial charge < -0.3 is 5.73 Å². The first-order valence-electron chi connectivity index (χ1n) is 4.57. The molecule has 58 valence electrons. The van der Waals surface area contributed by atoms with E-state index in [1.54, 1.807) is 0 Å². The van der Waals surface area contributed by atoms with Crippen molar-refractivity contribution in [1.82, 2.24) is 0 Å². The van der Waals surface area contributed by atoms with Gasteiger partial charge in [-0.3, -0.25) is 0 Å². The first kappa shape index (κ1) is 6.66. The summed E-state index contributed by atoms with van der Waals surface area (Å²) in [6, 6.07) is 0. The molecule has 0 saturated heterocycles. The molecule has 0 bridgehead atoms. The molecule has 2 fully saturated rings. The summed E-state index contributed by atoms with van der Waals surface area (Å²) in [5.41, 5.74) is 6.45. The van der Waals surface area contributed by atoms with E-state index in [4.69, 9.17) is 5.73 Å². The molecular weight excluding hydrogens is 122 g/mol. The van der Waals surface area contributed by atoms with E-state index in [9.17, 15) is 0 Å². The van der Waals surface area contributed by atoms with Crippen molar-refractivity contribution in [2.45, 2.75) is 38.5 Å². The van der Waals surface area contributed by atoms with E-state index in [2.05, 4.69) is 0 Å². The topological polar surface area (TPSA) is 26.0 Å². The molecule has 1 heteroatoms. The lowest BCUT2D eigenvalue weighted by atomic mass is 9.59. The van der Waals surface area contributed by atoms with Crippen LogP contribution < -0.4 is 5.73 Å². The Hall–Kier alpha value is -0.0400. The highest BCUT2D eigenvalue weighted by Crippen LogP contribution is 2.56. The molecule has 0 radical (unpaired) electrons. The standard InChI is InChI=1S/C9H17N/c10-7-8-3-6-9(8)4-1-2-5-9/h8H,1-7,10H2. The predicted molar refractivity (Wildman–Crippen MR) is 42.7 cm³/mol. The summed E-state index contributed by atoms with van der Waals surface area (Å²) >= 11 is 0. The van der Waals surface area contributed by atoms with Crippen molar-refractivity contribution in [3.8, 4) is 0 Å². The van der Waals surface area contributed by atoms with Crippen LogP contribution in [0, 0.1) is 11.3 Å². The van der Waals surface area contributed by atoms with Gasteiger partial charge in [-0.25, -0.2) is 0 Å². The predicted octanol–water partition coefficient (Wildman–Crippen LogP) is 1.92. The average Bonchev–Trinajstić information content (AvgIpc) is 2.35. The fourth-order valence-corrected chi connectivity index (χ4v) is 2.86. The van der Waals surface area contributed by atoms with Crippen molar-refractivity contribution in [2.75, 3.05) is 6.54 Å². The average molecular weight is 139 g/mol. The van der Waals surface area contributed by atoms with Crippen LogP contribution >= 0.6 is 0 Å². The molecule has 0 amide bonds. The molecule has 1 unspecified atom stereocenters. The molecule has 2 aliphatic carbocycles. The zero-order valence-corrected chi connectivity index (χ0v) is 6.60. The van der Waals surface area contributed by atoms with Crippen LogP contribution in [0.2, 0.25) is 0 Å². The van der Waals surface area contributed by atoms with Crippen LogP contribution in [0.3, 0.4) is 0 Å². The van der Waals surface area contributed by atoms with E-state index in [1.807, 2.05) is 0 Å². The maximum absolute atomic E-state index is 5.69. The summed E-state index contributed by atoms with van der Waals surface area (Å²) in [4.78, 5) is 0. The molecule has 2 N–H and O–H groups in total. The van der Waals surface area contributed by atoms with E-state index in [0.717, 1.165) is 17.9 Å². The van der Waals surface area contributed by atoms with Crippen molar-refractivity contribution in [2.24, 2.45) is 17.1 Å². The van der Waals surface area contributed by atoms with Gasteiger partial charge in [0.2, 0.25) is 0 Å². The lowest BCUT2D eigenvalue weighted by Crippen LogP contribution is -2.42. The van der Waals surface area contributed by atoms with Crippen molar-refractivity contribution in [3.63, 3.8) is 0 Å². The number of hydrogen-bond donors (Lipinski definition) is 1. The first-order chi connectivity index (χ1) is 4.87. The van der Waals surface area contributed by atoms with Crippen LogP contribution in [0.15, 0.2) is 0 Å². The van der Waals surface area contributed by atoms with Crippen molar-refractivity contribution < 1.29 is 0 Å². The third-order valence-corrected chi connectivity index (χ3v) is 3.74. The normalized spacial score (nSPS) is 36.3. The summed E-state index contributed by atoms with van der Waals surface area (Å²) in [6.45, 7) is 0.944. The third-order valence-electron chi connectivity index (χ3n) is 3.74. The third kappa shape index (κ3) is 0.731. The van der Waals surface area contributed by atoms with E-state index >= 15 is 0 Å². The van der Waals surface area contributed by atoms with Crippen LogP contribution in [0.5, 0.6) is 0 Å². The minimum Gasteiger partial charge on any atom is -0.330 e. The maximum Gasteiger partial charge on any atom is -0.00436 e. The molecule has 10 heavy (non-hydrogen) atoms. The number of hydrogen-bond acceptors (Lipinski definition) is 1. The van der Waals surface area contributed by atoms with Gasteiger partial charge in [0.1, 0.15) is 0 Å². The SMILES string of the molecule is NCC1CCC12CCCC2. The van der Waals surface area contributed by atoms with Gasteiger partial charge in [-0.1, -0.05) is 12.8 Å². The molecule has 0 aromatic rings. The van der Waals surface area contributed by atoms with Crippen LogP contribution in [0.4, 0.5) is 0 Å². The Bertz CT molecular complexity index is 123. The van der Waals surface area contributed by atoms with E-state index in [1.165, 1.54) is 38.5 Å². The summed E-state index contributed by atoms with van der Waals surface area (Å²) < 4.78 is 0. The second-order valence-electron chi connectivity index (χ2n) is 4.04. The minimum atomic E-state index is 0.759. The van der Waals surface area contributed by atoms with Crippen molar-refractivity contribution in [1.29, 1.82) is 0 Å². The van der Waals surface area contributed by atoms with Gasteiger partial charge in [-0.15, -0.1) is 0 Å². The summed E-state index contributed by atoms with van der Waals surface area (Å²) in [6.07, 6.45) is 8.79. The smallest absolute Gasteiger partial charge is 0.00436 e. The molecule has 0 aliphatic heterocycles. The Morgan fingerprint density at radius 2 is 1.90 bits per heavy atom. The Kier molecular flexibility index (Phi) is 1.48. The zero-order valence-electron chi connectivity index (χ0n) is 6.60. The molecule has 2 aliphatic rings. The molecule has 0 aromatic carbocycles. The fraction of sp³-hybridized carbons (Fsp3) is 1.00. The van der Waals surface area contributed by atoms with Gasteiger partial charge in [0, 0.05) is 0 Å². The van der Waals surface area contributed by atoms with Crippen LogP contribution in [-0.4, -0.2) is 6.54 Å². The lowest BCUT2D eigenvalue weighted by molar-refractivity contribution is 0.0442. The van der Waals surface area contributed by atoms with E-state index in [0.29, 0.717) is 0 Å². The van der Waals surface area contributed by atoms with Crippen molar-refractivity contribution in [3.05, 3.63) is 0 Å². The highest BCUT2D eigenvalue weighted by atomic mass is 14.6. The molecule has 2 rings (SSSR count). The highest BCUT2D eigenvalue weighted by Gasteiger charge is 2.46. The van der Waals surface area contributed by atoms with Crippen molar-refractivity contribution >= 4 is 0 Å². The lowest BCUT2D eigenvalue weighted by Gasteiger charge is -2.47. The Morgan fingerprint density at radius 3 is 2.30 bits per heavy atom. The highest BCUT2D eigenvalue weighted by molar-refractivity contribution is 4.98. The van der Waals surface area contributed by atoms with Crippen LogP contribution in [0.1, 0.15) is 38.5 Å². The summed E-state index contributed by atoms with van der Waals surface area (Å²) in [7, 11) is 0. The Balaban J connectivity index is 2.01. The zero-order chi connectivity index (χ0) is 7.03. The monoisotopic (exact) mass is 139 g/mol. The molecule has 0 heterocycles. The van der Waals surface area contributed by atoms with E-state index < -0.39 is 0 Å². The van der Waals surface area contributed by atoms with Crippen LogP contribution in [0.25, 0.3) is 0 Å². The second kappa shape index (κ2) is 2.23. The van der Waals surface area contributed by atoms with Gasteiger partial charge in [0.05, 0.1) is 0 Å². The van der Waals surface area contributed by atoms with Gasteiger partial charge in [0.25, 0.3) is 0 Å². The number of rotatable bonds is 1. The maximum atomic E-state index is 5.69. The largest absolute Gasteiger partial charge is 0.330 e. The summed E-state index contributed by atoms with van der Waals surface area (Å²) in [5, 5.41) is 0. The molecular formula is C9H17N. The summed E-state index contributed by atoms with van der Waals surface area (Å²) in [5.74, 6) is 0.898. The molecule has 2 saturated carbocycles. The first-order valence-corrected chi connectivity index (χ1v) is 4.57. The van der Waals surface area contributed by atoms with Gasteiger partial charge in [-0.2, -0.15) is 0 Å². The van der Waals surface area contributed by atoms with Gasteiger partial charge in [0.15, 0.2) is 0 Å². The Labute approximate surface area is 63.0 Å². The molecule has 1 nitrogen and oxygen atoms in total. The van der Waals surface area contributed by atoms with Gasteiger partial charge >= 0.3 is 0 Å². The molecule has 1 atom stereocenters.